The van der Waals surface area contributed by atoms with Gasteiger partial charge in [0.1, 0.15) is 12.4 Å². The van der Waals surface area contributed by atoms with Crippen LogP contribution in [0.4, 0.5) is 4.39 Å². The van der Waals surface area contributed by atoms with E-state index >= 15 is 0 Å². The van der Waals surface area contributed by atoms with Gasteiger partial charge in [-0.2, -0.15) is 0 Å². The Morgan fingerprint density at radius 3 is 2.38 bits per heavy atom. The average Bonchev–Trinajstić information content (AvgIpc) is 2.48. The van der Waals surface area contributed by atoms with Crippen LogP contribution < -0.4 is 0 Å². The van der Waals surface area contributed by atoms with Crippen molar-refractivity contribution in [2.75, 3.05) is 6.61 Å². The SMILES string of the molecule is CC(=O)OC/C(=C\c1ccc(F)cc1)Cc1ccccc1. The number of carbonyl (C=O) groups excluding carboxylic acids is 1. The number of hydrogen-bond donors (Lipinski definition) is 0. The highest BCUT2D eigenvalue weighted by Crippen LogP contribution is 2.14. The Kier molecular flexibility index (Phi) is 5.27. The van der Waals surface area contributed by atoms with E-state index in [4.69, 9.17) is 4.74 Å². The Hall–Kier alpha value is -2.42. The summed E-state index contributed by atoms with van der Waals surface area (Å²) in [6.45, 7) is 1.62. The lowest BCUT2D eigenvalue weighted by molar-refractivity contribution is -0.139. The summed E-state index contributed by atoms with van der Waals surface area (Å²) in [7, 11) is 0. The molecule has 0 unspecified atom stereocenters. The second kappa shape index (κ2) is 7.39. The van der Waals surface area contributed by atoms with Crippen LogP contribution in [-0.2, 0) is 16.0 Å². The molecule has 2 aromatic rings. The molecule has 2 nitrogen and oxygen atoms in total. The number of hydrogen-bond acceptors (Lipinski definition) is 2. The van der Waals surface area contributed by atoms with E-state index in [9.17, 15) is 9.18 Å². The molecule has 0 N–H and O–H groups in total. The standard InChI is InChI=1S/C18H17FO2/c1-14(20)21-13-17(11-15-5-3-2-4-6-15)12-16-7-9-18(19)10-8-16/h2-10,12H,11,13H2,1H3/b17-12-. The largest absolute Gasteiger partial charge is 0.461 e. The molecule has 2 aromatic carbocycles. The molecule has 0 fully saturated rings. The molecule has 0 radical (unpaired) electrons. The first-order valence-electron chi connectivity index (χ1n) is 6.76. The van der Waals surface area contributed by atoms with Crippen molar-refractivity contribution in [1.29, 1.82) is 0 Å². The molecule has 21 heavy (non-hydrogen) atoms. The van der Waals surface area contributed by atoms with E-state index in [0.717, 1.165) is 16.7 Å². The van der Waals surface area contributed by atoms with E-state index in [1.165, 1.54) is 19.1 Å². The van der Waals surface area contributed by atoms with Gasteiger partial charge in [-0.15, -0.1) is 0 Å². The minimum atomic E-state index is -0.312. The van der Waals surface area contributed by atoms with Gasteiger partial charge in [-0.3, -0.25) is 4.79 Å². The summed E-state index contributed by atoms with van der Waals surface area (Å²) < 4.78 is 18.0. The molecule has 0 saturated carbocycles. The van der Waals surface area contributed by atoms with Crippen LogP contribution in [0, 0.1) is 5.82 Å². The van der Waals surface area contributed by atoms with Crippen molar-refractivity contribution >= 4 is 12.0 Å². The predicted octanol–water partition coefficient (Wildman–Crippen LogP) is 4.01. The van der Waals surface area contributed by atoms with Gasteiger partial charge in [0.2, 0.25) is 0 Å². The number of ether oxygens (including phenoxy) is 1. The van der Waals surface area contributed by atoms with Crippen LogP contribution >= 0.6 is 0 Å². The first-order valence-corrected chi connectivity index (χ1v) is 6.76. The number of rotatable bonds is 5. The molecule has 0 saturated heterocycles. The molecule has 0 aliphatic rings. The average molecular weight is 284 g/mol. The molecule has 0 spiro atoms. The number of carbonyl (C=O) groups is 1. The van der Waals surface area contributed by atoms with E-state index in [2.05, 4.69) is 0 Å². The molecule has 0 aliphatic carbocycles. The van der Waals surface area contributed by atoms with Crippen molar-refractivity contribution in [2.24, 2.45) is 0 Å². The summed E-state index contributed by atoms with van der Waals surface area (Å²) in [4.78, 5) is 11.0. The molecular formula is C18H17FO2. The number of benzene rings is 2. The highest BCUT2D eigenvalue weighted by Gasteiger charge is 2.03. The summed E-state index contributed by atoms with van der Waals surface area (Å²) in [5, 5.41) is 0. The first kappa shape index (κ1) is 15.0. The Balaban J connectivity index is 2.18. The molecular weight excluding hydrogens is 267 g/mol. The fourth-order valence-corrected chi connectivity index (χ4v) is 1.99. The summed E-state index contributed by atoms with van der Waals surface area (Å²) >= 11 is 0. The van der Waals surface area contributed by atoms with Crippen LogP contribution in [0.3, 0.4) is 0 Å². The van der Waals surface area contributed by atoms with E-state index in [-0.39, 0.29) is 18.4 Å². The van der Waals surface area contributed by atoms with Crippen LogP contribution in [0.15, 0.2) is 60.2 Å². The van der Waals surface area contributed by atoms with Gasteiger partial charge in [0.25, 0.3) is 0 Å². The van der Waals surface area contributed by atoms with Gasteiger partial charge in [-0.1, -0.05) is 48.5 Å². The van der Waals surface area contributed by atoms with Crippen LogP contribution in [0.1, 0.15) is 18.1 Å². The maximum atomic E-state index is 12.9. The molecule has 0 aliphatic heterocycles. The number of esters is 1. The summed E-state index contributed by atoms with van der Waals surface area (Å²) in [6.07, 6.45) is 2.61. The fraction of sp³-hybridized carbons (Fsp3) is 0.167. The van der Waals surface area contributed by atoms with Crippen molar-refractivity contribution in [3.8, 4) is 0 Å². The Morgan fingerprint density at radius 1 is 1.10 bits per heavy atom. The van der Waals surface area contributed by atoms with Crippen molar-refractivity contribution in [2.45, 2.75) is 13.3 Å². The van der Waals surface area contributed by atoms with Crippen LogP contribution in [0.5, 0.6) is 0 Å². The maximum Gasteiger partial charge on any atom is 0.302 e. The van der Waals surface area contributed by atoms with Gasteiger partial charge >= 0.3 is 5.97 Å². The first-order chi connectivity index (χ1) is 10.1. The third kappa shape index (κ3) is 5.22. The lowest BCUT2D eigenvalue weighted by atomic mass is 10.0. The van der Waals surface area contributed by atoms with Crippen LogP contribution in [0.2, 0.25) is 0 Å². The van der Waals surface area contributed by atoms with Crippen molar-refractivity contribution in [1.82, 2.24) is 0 Å². The molecule has 0 aromatic heterocycles. The summed E-state index contributed by atoms with van der Waals surface area (Å²) in [5.41, 5.74) is 2.98. The zero-order valence-electron chi connectivity index (χ0n) is 11.9. The lowest BCUT2D eigenvalue weighted by Gasteiger charge is -2.08. The molecule has 2 rings (SSSR count). The maximum absolute atomic E-state index is 12.9. The monoisotopic (exact) mass is 284 g/mol. The molecule has 0 bridgehead atoms. The summed E-state index contributed by atoms with van der Waals surface area (Å²) in [5.74, 6) is -0.579. The fourth-order valence-electron chi connectivity index (χ4n) is 1.99. The van der Waals surface area contributed by atoms with Gasteiger partial charge in [0, 0.05) is 6.92 Å². The third-order valence-corrected chi connectivity index (χ3v) is 2.98. The van der Waals surface area contributed by atoms with Gasteiger partial charge in [-0.05, 0) is 35.3 Å². The predicted molar refractivity (Wildman–Crippen MR) is 81.2 cm³/mol. The van der Waals surface area contributed by atoms with Crippen molar-refractivity contribution < 1.29 is 13.9 Å². The van der Waals surface area contributed by atoms with E-state index < -0.39 is 0 Å². The molecule has 0 atom stereocenters. The Bertz CT molecular complexity index is 615. The quantitative estimate of drug-likeness (QED) is 0.775. The topological polar surface area (TPSA) is 26.3 Å². The van der Waals surface area contributed by atoms with Gasteiger partial charge in [0.15, 0.2) is 0 Å². The summed E-state index contributed by atoms with van der Waals surface area (Å²) in [6, 6.07) is 16.2. The smallest absolute Gasteiger partial charge is 0.302 e. The third-order valence-electron chi connectivity index (χ3n) is 2.98. The highest BCUT2D eigenvalue weighted by molar-refractivity contribution is 5.66. The van der Waals surface area contributed by atoms with E-state index in [1.807, 2.05) is 36.4 Å². The minimum absolute atomic E-state index is 0.238. The van der Waals surface area contributed by atoms with Gasteiger partial charge < -0.3 is 4.74 Å². The molecule has 3 heteroatoms. The second-order valence-corrected chi connectivity index (χ2v) is 4.80. The van der Waals surface area contributed by atoms with E-state index in [1.54, 1.807) is 12.1 Å². The highest BCUT2D eigenvalue weighted by atomic mass is 19.1. The second-order valence-electron chi connectivity index (χ2n) is 4.80. The van der Waals surface area contributed by atoms with Crippen LogP contribution in [-0.4, -0.2) is 12.6 Å². The normalized spacial score (nSPS) is 11.2. The van der Waals surface area contributed by atoms with Crippen LogP contribution in [0.25, 0.3) is 6.08 Å². The zero-order chi connectivity index (χ0) is 15.1. The Labute approximate surface area is 123 Å². The lowest BCUT2D eigenvalue weighted by Crippen LogP contribution is -2.05. The zero-order valence-corrected chi connectivity index (χ0v) is 11.9. The van der Waals surface area contributed by atoms with Crippen molar-refractivity contribution in [3.63, 3.8) is 0 Å². The molecule has 108 valence electrons. The number of halogens is 1. The molecule has 0 amide bonds. The Morgan fingerprint density at radius 2 is 1.76 bits per heavy atom. The van der Waals surface area contributed by atoms with E-state index in [0.29, 0.717) is 6.42 Å². The minimum Gasteiger partial charge on any atom is -0.461 e. The van der Waals surface area contributed by atoms with Crippen molar-refractivity contribution in [3.05, 3.63) is 77.1 Å². The van der Waals surface area contributed by atoms with Gasteiger partial charge in [-0.25, -0.2) is 4.39 Å². The molecule has 0 heterocycles. The van der Waals surface area contributed by atoms with Gasteiger partial charge in [0.05, 0.1) is 0 Å².